The quantitative estimate of drug-likeness (QED) is 0.821. The lowest BCUT2D eigenvalue weighted by Crippen LogP contribution is -2.05. The second kappa shape index (κ2) is 4.61. The zero-order chi connectivity index (χ0) is 12.4. The number of hydrogen-bond donors (Lipinski definition) is 0. The SMILES string of the molecule is CC(C)Cn1cnnc1-c1cc(F)cc(F)c1. The van der Waals surface area contributed by atoms with Gasteiger partial charge in [0, 0.05) is 18.2 Å². The van der Waals surface area contributed by atoms with Crippen LogP contribution in [0, 0.1) is 17.6 Å². The summed E-state index contributed by atoms with van der Waals surface area (Å²) in [6.07, 6.45) is 1.57. The minimum absolute atomic E-state index is 0.403. The number of aromatic nitrogens is 3. The van der Waals surface area contributed by atoms with Crippen molar-refractivity contribution < 1.29 is 8.78 Å². The van der Waals surface area contributed by atoms with Crippen LogP contribution in [0.1, 0.15) is 13.8 Å². The van der Waals surface area contributed by atoms with Crippen LogP contribution in [0.25, 0.3) is 11.4 Å². The lowest BCUT2D eigenvalue weighted by atomic mass is 10.2. The maximum absolute atomic E-state index is 13.1. The number of benzene rings is 1. The molecule has 0 unspecified atom stereocenters. The third-order valence-electron chi connectivity index (χ3n) is 2.30. The second-order valence-electron chi connectivity index (χ2n) is 4.36. The van der Waals surface area contributed by atoms with Gasteiger partial charge in [-0.2, -0.15) is 0 Å². The lowest BCUT2D eigenvalue weighted by Gasteiger charge is -2.09. The normalized spacial score (nSPS) is 11.1. The molecule has 0 amide bonds. The van der Waals surface area contributed by atoms with Gasteiger partial charge in [0.15, 0.2) is 5.82 Å². The zero-order valence-corrected chi connectivity index (χ0v) is 9.69. The van der Waals surface area contributed by atoms with E-state index in [1.807, 2.05) is 0 Å². The number of rotatable bonds is 3. The molecule has 90 valence electrons. The molecule has 1 aromatic heterocycles. The molecule has 0 N–H and O–H groups in total. The Kier molecular flexibility index (Phi) is 3.17. The summed E-state index contributed by atoms with van der Waals surface area (Å²) in [6, 6.07) is 3.35. The Hall–Kier alpha value is -1.78. The van der Waals surface area contributed by atoms with Crippen molar-refractivity contribution in [3.63, 3.8) is 0 Å². The molecule has 0 fully saturated rings. The molecular weight excluding hydrogens is 224 g/mol. The van der Waals surface area contributed by atoms with E-state index in [1.165, 1.54) is 12.1 Å². The molecule has 0 atom stereocenters. The summed E-state index contributed by atoms with van der Waals surface area (Å²) in [5, 5.41) is 7.68. The molecule has 2 rings (SSSR count). The average molecular weight is 237 g/mol. The van der Waals surface area contributed by atoms with Gasteiger partial charge in [-0.25, -0.2) is 8.78 Å². The van der Waals surface area contributed by atoms with Crippen LogP contribution in [0.3, 0.4) is 0 Å². The van der Waals surface area contributed by atoms with Crippen LogP contribution in [-0.4, -0.2) is 14.8 Å². The molecule has 1 aromatic carbocycles. The standard InChI is InChI=1S/C12H13F2N3/c1-8(2)6-17-7-15-16-12(17)9-3-10(13)5-11(14)4-9/h3-5,7-8H,6H2,1-2H3. The monoisotopic (exact) mass is 237 g/mol. The van der Waals surface area contributed by atoms with Gasteiger partial charge in [-0.15, -0.1) is 10.2 Å². The molecule has 0 aliphatic rings. The van der Waals surface area contributed by atoms with Gasteiger partial charge in [-0.1, -0.05) is 13.8 Å². The fourth-order valence-corrected chi connectivity index (χ4v) is 1.69. The Bertz CT molecular complexity index is 500. The fourth-order valence-electron chi connectivity index (χ4n) is 1.69. The summed E-state index contributed by atoms with van der Waals surface area (Å²) < 4.78 is 28.0. The fraction of sp³-hybridized carbons (Fsp3) is 0.333. The average Bonchev–Trinajstić information content (AvgIpc) is 2.63. The predicted molar refractivity (Wildman–Crippen MR) is 60.2 cm³/mol. The summed E-state index contributed by atoms with van der Waals surface area (Å²) in [7, 11) is 0. The first-order chi connectivity index (χ1) is 8.06. The molecule has 0 saturated carbocycles. The Morgan fingerprint density at radius 2 is 1.82 bits per heavy atom. The van der Waals surface area contributed by atoms with E-state index in [0.29, 0.717) is 23.9 Å². The van der Waals surface area contributed by atoms with E-state index < -0.39 is 11.6 Å². The molecule has 0 spiro atoms. The molecule has 3 nitrogen and oxygen atoms in total. The van der Waals surface area contributed by atoms with E-state index >= 15 is 0 Å². The Morgan fingerprint density at radius 3 is 2.41 bits per heavy atom. The van der Waals surface area contributed by atoms with Gasteiger partial charge in [0.2, 0.25) is 0 Å². The first-order valence-electron chi connectivity index (χ1n) is 5.40. The Labute approximate surface area is 98.1 Å². The predicted octanol–water partition coefficient (Wildman–Crippen LogP) is 2.88. The van der Waals surface area contributed by atoms with Crippen LogP contribution in [0.4, 0.5) is 8.78 Å². The highest BCUT2D eigenvalue weighted by Crippen LogP contribution is 2.20. The van der Waals surface area contributed by atoms with E-state index in [2.05, 4.69) is 24.0 Å². The van der Waals surface area contributed by atoms with Crippen molar-refractivity contribution in [1.29, 1.82) is 0 Å². The maximum Gasteiger partial charge on any atom is 0.163 e. The van der Waals surface area contributed by atoms with Crippen LogP contribution < -0.4 is 0 Å². The Morgan fingerprint density at radius 1 is 1.18 bits per heavy atom. The minimum atomic E-state index is -0.612. The van der Waals surface area contributed by atoms with Crippen LogP contribution in [0.2, 0.25) is 0 Å². The van der Waals surface area contributed by atoms with Gasteiger partial charge in [-0.05, 0) is 18.1 Å². The summed E-state index contributed by atoms with van der Waals surface area (Å²) in [5.74, 6) is -0.335. The molecule has 0 aliphatic carbocycles. The van der Waals surface area contributed by atoms with Crippen molar-refractivity contribution in [3.8, 4) is 11.4 Å². The van der Waals surface area contributed by atoms with Crippen molar-refractivity contribution in [2.45, 2.75) is 20.4 Å². The highest BCUT2D eigenvalue weighted by Gasteiger charge is 2.10. The number of nitrogens with zero attached hydrogens (tertiary/aromatic N) is 3. The topological polar surface area (TPSA) is 30.7 Å². The molecule has 0 saturated heterocycles. The van der Waals surface area contributed by atoms with E-state index in [-0.39, 0.29) is 0 Å². The number of halogens is 2. The van der Waals surface area contributed by atoms with Crippen molar-refractivity contribution in [2.24, 2.45) is 5.92 Å². The van der Waals surface area contributed by atoms with E-state index in [4.69, 9.17) is 0 Å². The van der Waals surface area contributed by atoms with Crippen LogP contribution in [-0.2, 0) is 6.54 Å². The van der Waals surface area contributed by atoms with Gasteiger partial charge in [0.25, 0.3) is 0 Å². The molecule has 1 heterocycles. The zero-order valence-electron chi connectivity index (χ0n) is 9.69. The van der Waals surface area contributed by atoms with Gasteiger partial charge in [0.1, 0.15) is 18.0 Å². The van der Waals surface area contributed by atoms with Gasteiger partial charge < -0.3 is 4.57 Å². The Balaban J connectivity index is 2.42. The van der Waals surface area contributed by atoms with Gasteiger partial charge in [0.05, 0.1) is 0 Å². The first-order valence-corrected chi connectivity index (χ1v) is 5.40. The van der Waals surface area contributed by atoms with Gasteiger partial charge in [-0.3, -0.25) is 0 Å². The van der Waals surface area contributed by atoms with Crippen molar-refractivity contribution >= 4 is 0 Å². The summed E-state index contributed by atoms with van der Waals surface area (Å²) in [6.45, 7) is 4.81. The van der Waals surface area contributed by atoms with Crippen molar-refractivity contribution in [3.05, 3.63) is 36.2 Å². The molecule has 2 aromatic rings. The lowest BCUT2D eigenvalue weighted by molar-refractivity contribution is 0.525. The summed E-state index contributed by atoms with van der Waals surface area (Å²) in [4.78, 5) is 0. The molecule has 17 heavy (non-hydrogen) atoms. The largest absolute Gasteiger partial charge is 0.313 e. The smallest absolute Gasteiger partial charge is 0.163 e. The molecule has 5 heteroatoms. The van der Waals surface area contributed by atoms with Crippen molar-refractivity contribution in [2.75, 3.05) is 0 Å². The van der Waals surface area contributed by atoms with E-state index in [1.54, 1.807) is 10.9 Å². The van der Waals surface area contributed by atoms with E-state index in [0.717, 1.165) is 6.07 Å². The molecular formula is C12H13F2N3. The maximum atomic E-state index is 13.1. The highest BCUT2D eigenvalue weighted by molar-refractivity contribution is 5.55. The van der Waals surface area contributed by atoms with Crippen LogP contribution in [0.5, 0.6) is 0 Å². The van der Waals surface area contributed by atoms with Gasteiger partial charge >= 0.3 is 0 Å². The van der Waals surface area contributed by atoms with Crippen molar-refractivity contribution in [1.82, 2.24) is 14.8 Å². The first kappa shape index (κ1) is 11.7. The third kappa shape index (κ3) is 2.67. The van der Waals surface area contributed by atoms with Crippen LogP contribution >= 0.6 is 0 Å². The number of hydrogen-bond acceptors (Lipinski definition) is 2. The summed E-state index contributed by atoms with van der Waals surface area (Å²) >= 11 is 0. The summed E-state index contributed by atoms with van der Waals surface area (Å²) in [5.41, 5.74) is 0.403. The third-order valence-corrected chi connectivity index (χ3v) is 2.30. The molecule has 0 radical (unpaired) electrons. The molecule has 0 bridgehead atoms. The minimum Gasteiger partial charge on any atom is -0.313 e. The molecule has 0 aliphatic heterocycles. The van der Waals surface area contributed by atoms with E-state index in [9.17, 15) is 8.78 Å². The highest BCUT2D eigenvalue weighted by atomic mass is 19.1. The van der Waals surface area contributed by atoms with Crippen LogP contribution in [0.15, 0.2) is 24.5 Å². The second-order valence-corrected chi connectivity index (χ2v) is 4.36.